The van der Waals surface area contributed by atoms with E-state index in [4.69, 9.17) is 9.47 Å². The summed E-state index contributed by atoms with van der Waals surface area (Å²) in [5, 5.41) is 9.37. The molecule has 2 aromatic carbocycles. The lowest BCUT2D eigenvalue weighted by molar-refractivity contribution is -0.148. The molecule has 2 N–H and O–H groups in total. The smallest absolute Gasteiger partial charge is 0.335 e. The largest absolute Gasteiger partial charge is 0.497 e. The summed E-state index contributed by atoms with van der Waals surface area (Å²) in [5.41, 5.74) is 0.673. The number of hydrogen-bond donors (Lipinski definition) is 2. The average molecular weight is 463 g/mol. The summed E-state index contributed by atoms with van der Waals surface area (Å²) in [4.78, 5) is 25.4. The number of carboxylic acid groups (broad SMARTS) is 1. The maximum Gasteiger partial charge on any atom is 0.335 e. The second-order valence-corrected chi connectivity index (χ2v) is 9.01. The highest BCUT2D eigenvalue weighted by Gasteiger charge is 2.28. The molecule has 0 spiro atoms. The molecule has 0 aromatic heterocycles. The van der Waals surface area contributed by atoms with Crippen LogP contribution in [0.4, 0.5) is 11.4 Å². The first-order valence-electron chi connectivity index (χ1n) is 10.2. The van der Waals surface area contributed by atoms with Crippen LogP contribution in [0.15, 0.2) is 47.4 Å². The van der Waals surface area contributed by atoms with Gasteiger partial charge >= 0.3 is 11.9 Å². The second kappa shape index (κ2) is 9.90. The Labute approximate surface area is 187 Å². The number of anilines is 2. The number of carbonyl (C=O) groups excluding carboxylic acids is 1. The maximum atomic E-state index is 13.0. The number of carbonyl (C=O) groups is 2. The Kier molecular flexibility index (Phi) is 7.24. The van der Waals surface area contributed by atoms with E-state index in [0.29, 0.717) is 44.0 Å². The fourth-order valence-electron chi connectivity index (χ4n) is 3.60. The molecule has 10 heteroatoms. The Morgan fingerprint density at radius 2 is 1.78 bits per heavy atom. The molecule has 0 aliphatic carbocycles. The molecule has 0 unspecified atom stereocenters. The summed E-state index contributed by atoms with van der Waals surface area (Å²) in [6.45, 7) is 3.10. The van der Waals surface area contributed by atoms with Crippen molar-refractivity contribution in [2.24, 2.45) is 5.92 Å². The van der Waals surface area contributed by atoms with Crippen molar-refractivity contribution in [2.75, 3.05) is 36.4 Å². The third-order valence-electron chi connectivity index (χ3n) is 5.31. The van der Waals surface area contributed by atoms with Crippen molar-refractivity contribution in [1.82, 2.24) is 0 Å². The van der Waals surface area contributed by atoms with Crippen molar-refractivity contribution in [3.8, 4) is 5.75 Å². The molecule has 172 valence electrons. The molecule has 0 bridgehead atoms. The van der Waals surface area contributed by atoms with Gasteiger partial charge in [0.25, 0.3) is 10.0 Å². The zero-order chi connectivity index (χ0) is 23.3. The van der Waals surface area contributed by atoms with E-state index < -0.39 is 16.0 Å². The number of sulfonamides is 1. The fraction of sp³-hybridized carbons (Fsp3) is 0.364. The van der Waals surface area contributed by atoms with Crippen LogP contribution < -0.4 is 14.4 Å². The van der Waals surface area contributed by atoms with Gasteiger partial charge in [-0.15, -0.1) is 0 Å². The molecule has 1 heterocycles. The van der Waals surface area contributed by atoms with Gasteiger partial charge in [0.2, 0.25) is 0 Å². The number of methoxy groups -OCH3 is 1. The van der Waals surface area contributed by atoms with Crippen molar-refractivity contribution in [2.45, 2.75) is 24.7 Å². The lowest BCUT2D eigenvalue weighted by Crippen LogP contribution is -2.37. The molecule has 9 nitrogen and oxygen atoms in total. The van der Waals surface area contributed by atoms with Gasteiger partial charge < -0.3 is 19.5 Å². The molecule has 0 saturated carbocycles. The van der Waals surface area contributed by atoms with Gasteiger partial charge in [-0.3, -0.25) is 9.52 Å². The van der Waals surface area contributed by atoms with Crippen LogP contribution >= 0.6 is 0 Å². The third kappa shape index (κ3) is 5.31. The summed E-state index contributed by atoms with van der Waals surface area (Å²) in [6, 6.07) is 10.2. The van der Waals surface area contributed by atoms with Crippen molar-refractivity contribution in [3.63, 3.8) is 0 Å². The van der Waals surface area contributed by atoms with Gasteiger partial charge in [-0.25, -0.2) is 13.2 Å². The molecule has 1 saturated heterocycles. The predicted molar refractivity (Wildman–Crippen MR) is 119 cm³/mol. The Balaban J connectivity index is 1.87. The van der Waals surface area contributed by atoms with Gasteiger partial charge in [-0.05, 0) is 62.2 Å². The van der Waals surface area contributed by atoms with Crippen LogP contribution in [0.2, 0.25) is 0 Å². The topological polar surface area (TPSA) is 122 Å². The van der Waals surface area contributed by atoms with Crippen LogP contribution in [0, 0.1) is 5.92 Å². The van der Waals surface area contributed by atoms with Crippen molar-refractivity contribution >= 4 is 33.3 Å². The van der Waals surface area contributed by atoms with Crippen molar-refractivity contribution in [1.29, 1.82) is 0 Å². The van der Waals surface area contributed by atoms with E-state index in [9.17, 15) is 23.1 Å². The molecule has 2 aromatic rings. The number of ether oxygens (including phenoxy) is 2. The minimum absolute atomic E-state index is 0.0194. The summed E-state index contributed by atoms with van der Waals surface area (Å²) in [5.74, 6) is -1.08. The van der Waals surface area contributed by atoms with E-state index in [1.54, 1.807) is 13.0 Å². The standard InChI is InChI=1S/C22H26N2O7S/c1-3-31-22(27)15-10-12-24(13-11-15)20-9-4-16(21(25)26)14-19(20)23-32(28,29)18-7-5-17(30-2)6-8-18/h4-9,14-15,23H,3,10-13H2,1-2H3,(H,25,26). The normalized spacial score (nSPS) is 14.6. The fourth-order valence-corrected chi connectivity index (χ4v) is 4.67. The number of hydrogen-bond acceptors (Lipinski definition) is 7. The van der Waals surface area contributed by atoms with Gasteiger partial charge in [-0.2, -0.15) is 0 Å². The maximum absolute atomic E-state index is 13.0. The molecule has 32 heavy (non-hydrogen) atoms. The third-order valence-corrected chi connectivity index (χ3v) is 6.69. The van der Waals surface area contributed by atoms with Gasteiger partial charge in [0.15, 0.2) is 0 Å². The summed E-state index contributed by atoms with van der Waals surface area (Å²) < 4.78 is 38.6. The Morgan fingerprint density at radius 3 is 2.34 bits per heavy atom. The van der Waals surface area contributed by atoms with Crippen LogP contribution in [-0.2, 0) is 19.6 Å². The van der Waals surface area contributed by atoms with Crippen molar-refractivity contribution in [3.05, 3.63) is 48.0 Å². The average Bonchev–Trinajstić information content (AvgIpc) is 2.79. The first-order chi connectivity index (χ1) is 15.2. The lowest BCUT2D eigenvalue weighted by atomic mass is 9.96. The number of esters is 1. The SMILES string of the molecule is CCOC(=O)C1CCN(c2ccc(C(=O)O)cc2NS(=O)(=O)c2ccc(OC)cc2)CC1. The summed E-state index contributed by atoms with van der Waals surface area (Å²) in [6.07, 6.45) is 1.12. The highest BCUT2D eigenvalue weighted by atomic mass is 32.2. The lowest BCUT2D eigenvalue weighted by Gasteiger charge is -2.34. The quantitative estimate of drug-likeness (QED) is 0.574. The van der Waals surface area contributed by atoms with Crippen LogP contribution in [0.25, 0.3) is 0 Å². The van der Waals surface area contributed by atoms with E-state index in [0.717, 1.165) is 0 Å². The zero-order valence-corrected chi connectivity index (χ0v) is 18.7. The highest BCUT2D eigenvalue weighted by Crippen LogP contribution is 2.33. The first-order valence-corrected chi connectivity index (χ1v) is 11.7. The Hall–Kier alpha value is -3.27. The van der Waals surface area contributed by atoms with E-state index in [1.165, 1.54) is 43.5 Å². The van der Waals surface area contributed by atoms with Gasteiger partial charge in [0, 0.05) is 13.1 Å². The minimum Gasteiger partial charge on any atom is -0.497 e. The van der Waals surface area contributed by atoms with Gasteiger partial charge in [0.05, 0.1) is 41.5 Å². The molecule has 0 amide bonds. The monoisotopic (exact) mass is 462 g/mol. The number of nitrogens with one attached hydrogen (secondary N) is 1. The predicted octanol–water partition coefficient (Wildman–Crippen LogP) is 2.97. The van der Waals surface area contributed by atoms with Crippen LogP contribution in [0.1, 0.15) is 30.1 Å². The van der Waals surface area contributed by atoms with Crippen molar-refractivity contribution < 1.29 is 32.6 Å². The molecule has 0 atom stereocenters. The highest BCUT2D eigenvalue weighted by molar-refractivity contribution is 7.92. The van der Waals surface area contributed by atoms with E-state index >= 15 is 0 Å². The number of nitrogens with zero attached hydrogens (tertiary/aromatic N) is 1. The molecular weight excluding hydrogens is 436 g/mol. The van der Waals surface area contributed by atoms with Crippen LogP contribution in [-0.4, -0.2) is 52.3 Å². The molecule has 1 aliphatic rings. The van der Waals surface area contributed by atoms with Crippen LogP contribution in [0.5, 0.6) is 5.75 Å². The Morgan fingerprint density at radius 1 is 1.12 bits per heavy atom. The summed E-state index contributed by atoms with van der Waals surface area (Å²) >= 11 is 0. The second-order valence-electron chi connectivity index (χ2n) is 7.33. The molecule has 1 aliphatic heterocycles. The summed E-state index contributed by atoms with van der Waals surface area (Å²) in [7, 11) is -2.49. The molecule has 3 rings (SSSR count). The number of aromatic carboxylic acids is 1. The number of carboxylic acids is 1. The van der Waals surface area contributed by atoms with E-state index in [2.05, 4.69) is 4.72 Å². The van der Waals surface area contributed by atoms with E-state index in [1.807, 2.05) is 4.90 Å². The number of rotatable bonds is 8. The van der Waals surface area contributed by atoms with Crippen LogP contribution in [0.3, 0.4) is 0 Å². The molecule has 1 fully saturated rings. The molecular formula is C22H26N2O7S. The number of piperidine rings is 1. The molecule has 0 radical (unpaired) electrons. The minimum atomic E-state index is -3.97. The van der Waals surface area contributed by atoms with Gasteiger partial charge in [0.1, 0.15) is 5.75 Å². The first kappa shape index (κ1) is 23.4. The van der Waals surface area contributed by atoms with E-state index in [-0.39, 0.29) is 28.0 Å². The Bertz CT molecular complexity index is 1080. The number of benzene rings is 2. The van der Waals surface area contributed by atoms with Gasteiger partial charge in [-0.1, -0.05) is 0 Å². The zero-order valence-electron chi connectivity index (χ0n) is 17.9.